The lowest BCUT2D eigenvalue weighted by atomic mass is 10.1. The van der Waals surface area contributed by atoms with Gasteiger partial charge in [0, 0.05) is 32.6 Å². The Labute approximate surface area is 159 Å². The molecule has 1 aliphatic rings. The highest BCUT2D eigenvalue weighted by Gasteiger charge is 2.36. The second-order valence-electron chi connectivity index (χ2n) is 7.14. The number of likely N-dealkylation sites (tertiary alicyclic amines) is 1. The van der Waals surface area contributed by atoms with Gasteiger partial charge in [0.25, 0.3) is 0 Å². The molecular weight excluding hydrogens is 343 g/mol. The van der Waals surface area contributed by atoms with Gasteiger partial charge in [-0.3, -0.25) is 9.59 Å². The van der Waals surface area contributed by atoms with Gasteiger partial charge in [0.1, 0.15) is 5.82 Å². The average Bonchev–Trinajstić information content (AvgIpc) is 3.01. The molecule has 1 heterocycles. The summed E-state index contributed by atoms with van der Waals surface area (Å²) in [6, 6.07) is 14.4. The Morgan fingerprint density at radius 1 is 1.19 bits per heavy atom. The number of hydrogen-bond acceptors (Lipinski definition) is 2. The minimum Gasteiger partial charge on any atom is -0.338 e. The van der Waals surface area contributed by atoms with E-state index in [1.54, 1.807) is 15.9 Å². The van der Waals surface area contributed by atoms with Crippen LogP contribution < -0.4 is 0 Å². The summed E-state index contributed by atoms with van der Waals surface area (Å²) in [5.41, 5.74) is 3.00. The molecule has 1 saturated heterocycles. The summed E-state index contributed by atoms with van der Waals surface area (Å²) < 4.78 is 13.4. The predicted octanol–water partition coefficient (Wildman–Crippen LogP) is 3.53. The van der Waals surface area contributed by atoms with Crippen LogP contribution in [0.2, 0.25) is 0 Å². The summed E-state index contributed by atoms with van der Waals surface area (Å²) in [5.74, 6) is -0.676. The van der Waals surface area contributed by atoms with Crippen molar-refractivity contribution in [2.24, 2.45) is 5.92 Å². The smallest absolute Gasteiger partial charge is 0.228 e. The maximum Gasteiger partial charge on any atom is 0.228 e. The van der Waals surface area contributed by atoms with Gasteiger partial charge in [-0.05, 0) is 37.1 Å². The van der Waals surface area contributed by atoms with E-state index >= 15 is 0 Å². The Balaban J connectivity index is 1.63. The minimum atomic E-state index is -0.337. The Morgan fingerprint density at radius 3 is 2.59 bits per heavy atom. The van der Waals surface area contributed by atoms with Gasteiger partial charge >= 0.3 is 0 Å². The van der Waals surface area contributed by atoms with E-state index in [0.717, 1.165) is 11.1 Å². The molecule has 2 aromatic rings. The third-order valence-corrected chi connectivity index (χ3v) is 5.01. The monoisotopic (exact) mass is 368 g/mol. The van der Waals surface area contributed by atoms with E-state index in [9.17, 15) is 14.0 Å². The zero-order valence-corrected chi connectivity index (χ0v) is 15.8. The molecule has 0 aliphatic carbocycles. The summed E-state index contributed by atoms with van der Waals surface area (Å²) in [4.78, 5) is 28.7. The molecular formula is C22H25FN2O2. The van der Waals surface area contributed by atoms with E-state index in [1.807, 2.05) is 44.2 Å². The van der Waals surface area contributed by atoms with Crippen molar-refractivity contribution in [3.8, 4) is 0 Å². The number of carbonyl (C=O) groups is 2. The number of halogens is 1. The fourth-order valence-electron chi connectivity index (χ4n) is 3.46. The molecule has 0 spiro atoms. The standard InChI is InChI=1S/C22H25FN2O2/c1-3-24(14-18-5-4-6-20(23)11-18)22(27)19-12-21(26)25(15-19)13-17-9-7-16(2)8-10-17/h4-11,19H,3,12-15H2,1-2H3. The van der Waals surface area contributed by atoms with E-state index < -0.39 is 0 Å². The van der Waals surface area contributed by atoms with Crippen LogP contribution >= 0.6 is 0 Å². The highest BCUT2D eigenvalue weighted by molar-refractivity contribution is 5.89. The summed E-state index contributed by atoms with van der Waals surface area (Å²) in [5, 5.41) is 0. The maximum atomic E-state index is 13.4. The third kappa shape index (κ3) is 4.73. The second-order valence-corrected chi connectivity index (χ2v) is 7.14. The van der Waals surface area contributed by atoms with Crippen LogP contribution in [-0.2, 0) is 22.7 Å². The normalized spacial score (nSPS) is 16.6. The molecule has 0 saturated carbocycles. The molecule has 1 aliphatic heterocycles. The Morgan fingerprint density at radius 2 is 1.93 bits per heavy atom. The van der Waals surface area contributed by atoms with Crippen LogP contribution in [0.4, 0.5) is 4.39 Å². The Kier molecular flexibility index (Phi) is 5.89. The van der Waals surface area contributed by atoms with E-state index in [1.165, 1.54) is 17.7 Å². The summed E-state index contributed by atoms with van der Waals surface area (Å²) in [6.45, 7) is 5.77. The molecule has 0 bridgehead atoms. The number of nitrogens with zero attached hydrogens (tertiary/aromatic N) is 2. The van der Waals surface area contributed by atoms with E-state index in [4.69, 9.17) is 0 Å². The second kappa shape index (κ2) is 8.33. The number of benzene rings is 2. The number of hydrogen-bond donors (Lipinski definition) is 0. The SMILES string of the molecule is CCN(Cc1cccc(F)c1)C(=O)C1CC(=O)N(Cc2ccc(C)cc2)C1. The van der Waals surface area contributed by atoms with Gasteiger partial charge in [-0.1, -0.05) is 42.0 Å². The lowest BCUT2D eigenvalue weighted by Gasteiger charge is -2.24. The first-order valence-corrected chi connectivity index (χ1v) is 9.33. The van der Waals surface area contributed by atoms with E-state index in [0.29, 0.717) is 26.2 Å². The lowest BCUT2D eigenvalue weighted by Crippen LogP contribution is -2.36. The van der Waals surface area contributed by atoms with E-state index in [-0.39, 0.29) is 30.0 Å². The lowest BCUT2D eigenvalue weighted by molar-refractivity contribution is -0.136. The minimum absolute atomic E-state index is 0.00994. The topological polar surface area (TPSA) is 40.6 Å². The average molecular weight is 368 g/mol. The molecule has 2 amide bonds. The zero-order chi connectivity index (χ0) is 19.4. The molecule has 0 aromatic heterocycles. The molecule has 3 rings (SSSR count). The van der Waals surface area contributed by atoms with Gasteiger partial charge in [0.15, 0.2) is 0 Å². The maximum absolute atomic E-state index is 13.4. The van der Waals surface area contributed by atoms with Crippen molar-refractivity contribution in [2.75, 3.05) is 13.1 Å². The molecule has 0 N–H and O–H groups in total. The van der Waals surface area contributed by atoms with Crippen LogP contribution in [0.1, 0.15) is 30.0 Å². The fraction of sp³-hybridized carbons (Fsp3) is 0.364. The van der Waals surface area contributed by atoms with Crippen LogP contribution in [0.3, 0.4) is 0 Å². The first-order valence-electron chi connectivity index (χ1n) is 9.33. The molecule has 1 fully saturated rings. The Hall–Kier alpha value is -2.69. The van der Waals surface area contributed by atoms with Crippen LogP contribution in [0, 0.1) is 18.7 Å². The van der Waals surface area contributed by atoms with Crippen LogP contribution in [0.15, 0.2) is 48.5 Å². The van der Waals surface area contributed by atoms with Crippen molar-refractivity contribution in [2.45, 2.75) is 33.4 Å². The van der Waals surface area contributed by atoms with Crippen molar-refractivity contribution in [3.05, 3.63) is 71.0 Å². The molecule has 1 atom stereocenters. The summed E-state index contributed by atoms with van der Waals surface area (Å²) in [7, 11) is 0. The van der Waals surface area contributed by atoms with Crippen LogP contribution in [0.25, 0.3) is 0 Å². The molecule has 4 nitrogen and oxygen atoms in total. The largest absolute Gasteiger partial charge is 0.338 e. The number of rotatable bonds is 6. The first kappa shape index (κ1) is 19.1. The number of amides is 2. The van der Waals surface area contributed by atoms with E-state index in [2.05, 4.69) is 0 Å². The van der Waals surface area contributed by atoms with Crippen molar-refractivity contribution in [1.82, 2.24) is 9.80 Å². The number of carbonyl (C=O) groups excluding carboxylic acids is 2. The molecule has 142 valence electrons. The van der Waals surface area contributed by atoms with Gasteiger partial charge in [0.05, 0.1) is 5.92 Å². The number of aryl methyl sites for hydroxylation is 1. The predicted molar refractivity (Wildman–Crippen MR) is 102 cm³/mol. The molecule has 1 unspecified atom stereocenters. The highest BCUT2D eigenvalue weighted by Crippen LogP contribution is 2.23. The molecule has 27 heavy (non-hydrogen) atoms. The van der Waals surface area contributed by atoms with Crippen molar-refractivity contribution < 1.29 is 14.0 Å². The van der Waals surface area contributed by atoms with Crippen molar-refractivity contribution >= 4 is 11.8 Å². The quantitative estimate of drug-likeness (QED) is 0.783. The first-order chi connectivity index (χ1) is 13.0. The van der Waals surface area contributed by atoms with Crippen molar-refractivity contribution in [3.63, 3.8) is 0 Å². The highest BCUT2D eigenvalue weighted by atomic mass is 19.1. The van der Waals surface area contributed by atoms with Gasteiger partial charge in [0.2, 0.25) is 11.8 Å². The fourth-order valence-corrected chi connectivity index (χ4v) is 3.46. The van der Waals surface area contributed by atoms with Gasteiger partial charge in [-0.15, -0.1) is 0 Å². The van der Waals surface area contributed by atoms with Crippen LogP contribution in [-0.4, -0.2) is 34.7 Å². The van der Waals surface area contributed by atoms with Gasteiger partial charge < -0.3 is 9.80 Å². The third-order valence-electron chi connectivity index (χ3n) is 5.01. The summed E-state index contributed by atoms with van der Waals surface area (Å²) in [6.07, 6.45) is 0.240. The van der Waals surface area contributed by atoms with Gasteiger partial charge in [-0.2, -0.15) is 0 Å². The zero-order valence-electron chi connectivity index (χ0n) is 15.8. The van der Waals surface area contributed by atoms with Crippen molar-refractivity contribution in [1.29, 1.82) is 0 Å². The van der Waals surface area contributed by atoms with Crippen LogP contribution in [0.5, 0.6) is 0 Å². The summed E-state index contributed by atoms with van der Waals surface area (Å²) >= 11 is 0. The van der Waals surface area contributed by atoms with Gasteiger partial charge in [-0.25, -0.2) is 4.39 Å². The molecule has 0 radical (unpaired) electrons. The molecule has 2 aromatic carbocycles. The Bertz CT molecular complexity index is 819. The molecule has 5 heteroatoms.